The Morgan fingerprint density at radius 2 is 1.90 bits per heavy atom. The van der Waals surface area contributed by atoms with Crippen molar-refractivity contribution < 1.29 is 17.9 Å². The second-order valence-electron chi connectivity index (χ2n) is 7.79. The Kier molecular flexibility index (Phi) is 5.69. The Balaban J connectivity index is 1.56. The molecule has 2 aliphatic rings. The van der Waals surface area contributed by atoms with E-state index in [9.17, 15) is 13.2 Å². The van der Waals surface area contributed by atoms with Crippen molar-refractivity contribution in [2.24, 2.45) is 0 Å². The van der Waals surface area contributed by atoms with Gasteiger partial charge in [-0.3, -0.25) is 0 Å². The van der Waals surface area contributed by atoms with Gasteiger partial charge in [0.05, 0.1) is 24.2 Å². The van der Waals surface area contributed by atoms with Gasteiger partial charge in [0, 0.05) is 6.04 Å². The maximum Gasteiger partial charge on any atom is 0.360 e. The van der Waals surface area contributed by atoms with E-state index in [4.69, 9.17) is 0 Å². The minimum absolute atomic E-state index is 0.120. The highest BCUT2D eigenvalue weighted by Crippen LogP contribution is 2.30. The van der Waals surface area contributed by atoms with Crippen LogP contribution in [-0.4, -0.2) is 42.5 Å². The second kappa shape index (κ2) is 8.23. The average molecular weight is 419 g/mol. The van der Waals surface area contributed by atoms with Gasteiger partial charge in [0.25, 0.3) is 0 Å². The number of nitrogens with zero attached hydrogens (tertiary/aromatic N) is 3. The number of hydrogen-bond acceptors (Lipinski definition) is 6. The summed E-state index contributed by atoms with van der Waals surface area (Å²) in [4.78, 5) is 12.0. The molecule has 8 nitrogen and oxygen atoms in total. The lowest BCUT2D eigenvalue weighted by molar-refractivity contribution is 0.0594. The quantitative estimate of drug-likeness (QED) is 0.748. The molecular weight excluding hydrogens is 392 g/mol. The molecule has 9 heteroatoms. The number of methoxy groups -OCH3 is 1. The van der Waals surface area contributed by atoms with Gasteiger partial charge < -0.3 is 4.74 Å². The third-order valence-electron chi connectivity index (χ3n) is 5.91. The number of aromatic nitrogens is 3. The van der Waals surface area contributed by atoms with Crippen LogP contribution in [0.25, 0.3) is 0 Å². The summed E-state index contributed by atoms with van der Waals surface area (Å²) in [7, 11) is -2.36. The summed E-state index contributed by atoms with van der Waals surface area (Å²) in [6, 6.07) is 4.97. The summed E-state index contributed by atoms with van der Waals surface area (Å²) >= 11 is 0. The first-order valence-corrected chi connectivity index (χ1v) is 11.6. The number of sulfonamides is 1. The Bertz CT molecular complexity index is 1000. The molecular formula is C20H26N4O4S. The van der Waals surface area contributed by atoms with Gasteiger partial charge in [0.1, 0.15) is 0 Å². The van der Waals surface area contributed by atoms with E-state index in [0.717, 1.165) is 50.5 Å². The first kappa shape index (κ1) is 20.0. The molecule has 0 amide bonds. The summed E-state index contributed by atoms with van der Waals surface area (Å²) in [5.41, 5.74) is 2.51. The number of benzene rings is 1. The number of aryl methyl sites for hydroxylation is 2. The van der Waals surface area contributed by atoms with Crippen LogP contribution in [0.3, 0.4) is 0 Å². The molecule has 1 N–H and O–H groups in total. The third-order valence-corrected chi connectivity index (χ3v) is 7.40. The molecule has 156 valence electrons. The number of hydrogen-bond donors (Lipinski definition) is 1. The van der Waals surface area contributed by atoms with Crippen molar-refractivity contribution >= 4 is 16.0 Å². The standard InChI is InChI=1S/C20H26N4O4S/c1-28-20(25)18-13-24(23-21-18)19-9-5-4-8-17(19)22-29(26,27)16-11-10-14-6-2-3-7-15(14)12-16/h10-13,17,19,22H,2-9H2,1H3/t17-,19+/m1/s1. The Morgan fingerprint density at radius 3 is 2.69 bits per heavy atom. The van der Waals surface area contributed by atoms with Crippen LogP contribution in [0.5, 0.6) is 0 Å². The molecule has 1 fully saturated rings. The fraction of sp³-hybridized carbons (Fsp3) is 0.550. The molecule has 0 radical (unpaired) electrons. The number of ether oxygens (including phenoxy) is 1. The van der Waals surface area contributed by atoms with E-state index in [-0.39, 0.29) is 17.8 Å². The van der Waals surface area contributed by atoms with Crippen LogP contribution in [-0.2, 0) is 27.6 Å². The van der Waals surface area contributed by atoms with Gasteiger partial charge in [0.2, 0.25) is 10.0 Å². The van der Waals surface area contributed by atoms with Gasteiger partial charge in [0.15, 0.2) is 5.69 Å². The normalized spacial score (nSPS) is 22.1. The summed E-state index contributed by atoms with van der Waals surface area (Å²) in [6.07, 6.45) is 9.12. The highest BCUT2D eigenvalue weighted by atomic mass is 32.2. The Morgan fingerprint density at radius 1 is 1.14 bits per heavy atom. The zero-order valence-electron chi connectivity index (χ0n) is 16.5. The number of nitrogens with one attached hydrogen (secondary N) is 1. The minimum Gasteiger partial charge on any atom is -0.464 e. The number of carbonyl (C=O) groups excluding carboxylic acids is 1. The van der Waals surface area contributed by atoms with Crippen molar-refractivity contribution in [3.8, 4) is 0 Å². The maximum atomic E-state index is 13.1. The van der Waals surface area contributed by atoms with Gasteiger partial charge in [-0.25, -0.2) is 22.6 Å². The van der Waals surface area contributed by atoms with Crippen LogP contribution < -0.4 is 4.72 Å². The van der Waals surface area contributed by atoms with Gasteiger partial charge in [-0.1, -0.05) is 24.1 Å². The lowest BCUT2D eigenvalue weighted by atomic mass is 9.91. The molecule has 2 aliphatic carbocycles. The smallest absolute Gasteiger partial charge is 0.360 e. The molecule has 0 unspecified atom stereocenters. The largest absolute Gasteiger partial charge is 0.464 e. The lowest BCUT2D eigenvalue weighted by Crippen LogP contribution is -2.43. The van der Waals surface area contributed by atoms with Gasteiger partial charge in [-0.05, 0) is 61.8 Å². The van der Waals surface area contributed by atoms with Gasteiger partial charge in [-0.15, -0.1) is 5.10 Å². The van der Waals surface area contributed by atoms with E-state index in [1.165, 1.54) is 18.9 Å². The zero-order valence-corrected chi connectivity index (χ0v) is 17.3. The van der Waals surface area contributed by atoms with E-state index >= 15 is 0 Å². The van der Waals surface area contributed by atoms with Gasteiger partial charge in [-0.2, -0.15) is 0 Å². The van der Waals surface area contributed by atoms with Crippen molar-refractivity contribution in [3.05, 3.63) is 41.2 Å². The summed E-state index contributed by atoms with van der Waals surface area (Å²) in [6.45, 7) is 0. The molecule has 1 heterocycles. The molecule has 29 heavy (non-hydrogen) atoms. The molecule has 1 saturated carbocycles. The maximum absolute atomic E-state index is 13.1. The predicted octanol–water partition coefficient (Wildman–Crippen LogP) is 2.41. The highest BCUT2D eigenvalue weighted by molar-refractivity contribution is 7.89. The number of fused-ring (bicyclic) bond motifs is 1. The van der Waals surface area contributed by atoms with E-state index in [2.05, 4.69) is 19.8 Å². The van der Waals surface area contributed by atoms with E-state index in [1.807, 2.05) is 12.1 Å². The van der Waals surface area contributed by atoms with E-state index in [0.29, 0.717) is 11.3 Å². The molecule has 4 rings (SSSR count). The zero-order chi connectivity index (χ0) is 20.4. The fourth-order valence-electron chi connectivity index (χ4n) is 4.35. The van der Waals surface area contributed by atoms with Crippen LogP contribution >= 0.6 is 0 Å². The first-order valence-electron chi connectivity index (χ1n) is 10.1. The third kappa shape index (κ3) is 4.20. The van der Waals surface area contributed by atoms with Crippen molar-refractivity contribution in [2.75, 3.05) is 7.11 Å². The van der Waals surface area contributed by atoms with Gasteiger partial charge >= 0.3 is 5.97 Å². The number of carbonyl (C=O) groups is 1. The number of rotatable bonds is 5. The molecule has 2 atom stereocenters. The molecule has 0 saturated heterocycles. The van der Waals surface area contributed by atoms with E-state index in [1.54, 1.807) is 10.7 Å². The van der Waals surface area contributed by atoms with E-state index < -0.39 is 16.0 Å². The van der Waals surface area contributed by atoms with Crippen LogP contribution in [0, 0.1) is 0 Å². The molecule has 1 aromatic heterocycles. The molecule has 2 aromatic rings. The summed E-state index contributed by atoms with van der Waals surface area (Å²) < 4.78 is 35.3. The molecule has 0 aliphatic heterocycles. The van der Waals surface area contributed by atoms with Crippen LogP contribution in [0.2, 0.25) is 0 Å². The first-order chi connectivity index (χ1) is 14.0. The van der Waals surface area contributed by atoms with Crippen molar-refractivity contribution in [1.29, 1.82) is 0 Å². The van der Waals surface area contributed by atoms with Crippen molar-refractivity contribution in [1.82, 2.24) is 19.7 Å². The van der Waals surface area contributed by atoms with Crippen molar-refractivity contribution in [2.45, 2.75) is 68.3 Å². The SMILES string of the molecule is COC(=O)c1cn([C@H]2CCCC[C@H]2NS(=O)(=O)c2ccc3c(c2)CCCC3)nn1. The fourth-order valence-corrected chi connectivity index (χ4v) is 5.70. The van der Waals surface area contributed by atoms with Crippen LogP contribution in [0.15, 0.2) is 29.3 Å². The lowest BCUT2D eigenvalue weighted by Gasteiger charge is -2.31. The molecule has 0 bridgehead atoms. The van der Waals surface area contributed by atoms with Crippen LogP contribution in [0.1, 0.15) is 66.2 Å². The molecule has 0 spiro atoms. The highest BCUT2D eigenvalue weighted by Gasteiger charge is 2.32. The summed E-state index contributed by atoms with van der Waals surface area (Å²) in [5.74, 6) is -0.557. The monoisotopic (exact) mass is 418 g/mol. The Hall–Kier alpha value is -2.26. The Labute approximate surface area is 170 Å². The topological polar surface area (TPSA) is 103 Å². The predicted molar refractivity (Wildman–Crippen MR) is 106 cm³/mol. The molecule has 1 aromatic carbocycles. The van der Waals surface area contributed by atoms with Crippen LogP contribution in [0.4, 0.5) is 0 Å². The second-order valence-corrected chi connectivity index (χ2v) is 9.51. The minimum atomic E-state index is -3.65. The van der Waals surface area contributed by atoms with Crippen molar-refractivity contribution in [3.63, 3.8) is 0 Å². The summed E-state index contributed by atoms with van der Waals surface area (Å²) in [5, 5.41) is 7.91. The average Bonchev–Trinajstić information content (AvgIpc) is 3.23. The number of esters is 1.